The molecule has 0 heterocycles. The highest BCUT2D eigenvalue weighted by Gasteiger charge is 2.25. The molecular formula is C34H43N3O5. The van der Waals surface area contributed by atoms with Crippen LogP contribution in [0.15, 0.2) is 66.7 Å². The Morgan fingerprint density at radius 1 is 0.929 bits per heavy atom. The molecule has 0 aliphatic carbocycles. The third-order valence-electron chi connectivity index (χ3n) is 6.77. The van der Waals surface area contributed by atoms with Gasteiger partial charge in [-0.3, -0.25) is 14.9 Å². The van der Waals surface area contributed by atoms with Crippen molar-refractivity contribution >= 4 is 28.9 Å². The van der Waals surface area contributed by atoms with Gasteiger partial charge in [0.25, 0.3) is 5.69 Å². The summed E-state index contributed by atoms with van der Waals surface area (Å²) < 4.78 is 5.60. The van der Waals surface area contributed by atoms with E-state index in [0.29, 0.717) is 18.4 Å². The number of anilines is 2. The number of rotatable bonds is 14. The highest BCUT2D eigenvalue weighted by Crippen LogP contribution is 2.34. The van der Waals surface area contributed by atoms with Crippen molar-refractivity contribution in [1.82, 2.24) is 0 Å². The summed E-state index contributed by atoms with van der Waals surface area (Å²) in [5.74, 6) is -0.562. The normalized spacial score (nSPS) is 11.2. The second-order valence-electron chi connectivity index (χ2n) is 11.4. The maximum Gasteiger partial charge on any atom is 0.339 e. The average Bonchev–Trinajstić information content (AvgIpc) is 2.96. The van der Waals surface area contributed by atoms with Crippen LogP contribution in [0, 0.1) is 10.1 Å². The number of hydrogen-bond donors (Lipinski definition) is 1. The molecule has 8 heteroatoms. The van der Waals surface area contributed by atoms with E-state index in [2.05, 4.69) is 12.2 Å². The van der Waals surface area contributed by atoms with Crippen molar-refractivity contribution in [1.29, 1.82) is 0 Å². The first-order chi connectivity index (χ1) is 20.0. The monoisotopic (exact) mass is 573 g/mol. The maximum absolute atomic E-state index is 13.4. The molecule has 0 spiro atoms. The van der Waals surface area contributed by atoms with Gasteiger partial charge in [-0.1, -0.05) is 75.6 Å². The number of benzene rings is 3. The minimum atomic E-state index is -0.618. The number of carbonyl (C=O) groups excluding carboxylic acids is 2. The van der Waals surface area contributed by atoms with Gasteiger partial charge in [0, 0.05) is 24.7 Å². The predicted molar refractivity (Wildman–Crippen MR) is 169 cm³/mol. The molecule has 0 aliphatic heterocycles. The Morgan fingerprint density at radius 3 is 2.26 bits per heavy atom. The molecule has 0 saturated heterocycles. The van der Waals surface area contributed by atoms with E-state index >= 15 is 0 Å². The van der Waals surface area contributed by atoms with E-state index in [4.69, 9.17) is 4.74 Å². The SMILES string of the molecule is CCCCCNc1ccc([N+](=O)[O-])c(N(Cc2ccc(-c3ccccc3C(=O)OC(C)(C)C)cc2)C(=O)CCCC)c1. The van der Waals surface area contributed by atoms with Crippen LogP contribution in [0.5, 0.6) is 0 Å². The Morgan fingerprint density at radius 2 is 1.62 bits per heavy atom. The number of nitrogens with one attached hydrogen (secondary N) is 1. The van der Waals surface area contributed by atoms with Crippen molar-refractivity contribution in [3.63, 3.8) is 0 Å². The van der Waals surface area contributed by atoms with Gasteiger partial charge in [-0.05, 0) is 68.5 Å². The molecule has 0 atom stereocenters. The average molecular weight is 574 g/mol. The van der Waals surface area contributed by atoms with Crippen LogP contribution in [0.4, 0.5) is 17.1 Å². The molecule has 0 fully saturated rings. The second-order valence-corrected chi connectivity index (χ2v) is 11.4. The number of ether oxygens (including phenoxy) is 1. The van der Waals surface area contributed by atoms with Gasteiger partial charge in [-0.25, -0.2) is 4.79 Å². The van der Waals surface area contributed by atoms with E-state index in [0.717, 1.165) is 54.6 Å². The van der Waals surface area contributed by atoms with Gasteiger partial charge >= 0.3 is 5.97 Å². The Hall–Kier alpha value is -4.20. The molecule has 3 aromatic carbocycles. The summed E-state index contributed by atoms with van der Waals surface area (Å²) in [6, 6.07) is 19.7. The molecule has 0 bridgehead atoms. The number of nitrogens with zero attached hydrogens (tertiary/aromatic N) is 2. The third kappa shape index (κ3) is 9.16. The summed E-state index contributed by atoms with van der Waals surface area (Å²) >= 11 is 0. The molecule has 3 aromatic rings. The first-order valence-corrected chi connectivity index (χ1v) is 14.8. The number of hydrogen-bond acceptors (Lipinski definition) is 6. The quantitative estimate of drug-likeness (QED) is 0.0897. The lowest BCUT2D eigenvalue weighted by molar-refractivity contribution is -0.384. The summed E-state index contributed by atoms with van der Waals surface area (Å²) in [6.07, 6.45) is 5.00. The van der Waals surface area contributed by atoms with Crippen molar-refractivity contribution in [2.45, 2.75) is 85.3 Å². The minimum absolute atomic E-state index is 0.109. The molecular weight excluding hydrogens is 530 g/mol. The number of esters is 1. The van der Waals surface area contributed by atoms with Gasteiger partial charge in [0.05, 0.1) is 17.0 Å². The Kier molecular flexibility index (Phi) is 11.7. The Labute approximate surface area is 249 Å². The van der Waals surface area contributed by atoms with Gasteiger partial charge < -0.3 is 15.0 Å². The fraction of sp³-hybridized carbons (Fsp3) is 0.412. The highest BCUT2D eigenvalue weighted by atomic mass is 16.6. The zero-order chi connectivity index (χ0) is 30.7. The van der Waals surface area contributed by atoms with Crippen molar-refractivity contribution in [2.24, 2.45) is 0 Å². The van der Waals surface area contributed by atoms with Crippen LogP contribution >= 0.6 is 0 Å². The van der Waals surface area contributed by atoms with Gasteiger partial charge in [0.15, 0.2) is 0 Å². The fourth-order valence-electron chi connectivity index (χ4n) is 4.60. The molecule has 1 N–H and O–H groups in total. The lowest BCUT2D eigenvalue weighted by Gasteiger charge is -2.24. The standard InChI is InChI=1S/C34H43N3O5/c1-6-8-12-22-35-27-20-21-30(37(40)41)31(23-27)36(32(38)15-9-7-2)24-25-16-18-26(19-17-25)28-13-10-11-14-29(28)33(39)42-34(3,4)5/h10-11,13-14,16-21,23,35H,6-9,12,15,22,24H2,1-5H3. The van der Waals surface area contributed by atoms with E-state index in [-0.39, 0.29) is 23.8 Å². The topological polar surface area (TPSA) is 102 Å². The first-order valence-electron chi connectivity index (χ1n) is 14.8. The number of carbonyl (C=O) groups is 2. The second kappa shape index (κ2) is 15.1. The lowest BCUT2D eigenvalue weighted by Crippen LogP contribution is -2.31. The van der Waals surface area contributed by atoms with Crippen LogP contribution in [0.3, 0.4) is 0 Å². The zero-order valence-corrected chi connectivity index (χ0v) is 25.4. The molecule has 42 heavy (non-hydrogen) atoms. The molecule has 0 radical (unpaired) electrons. The van der Waals surface area contributed by atoms with Gasteiger partial charge in [-0.15, -0.1) is 0 Å². The fourth-order valence-corrected chi connectivity index (χ4v) is 4.60. The molecule has 224 valence electrons. The summed E-state index contributed by atoms with van der Waals surface area (Å²) in [5.41, 5.74) is 3.15. The molecule has 3 rings (SSSR count). The largest absolute Gasteiger partial charge is 0.456 e. The van der Waals surface area contributed by atoms with Crippen molar-refractivity contribution in [2.75, 3.05) is 16.8 Å². The summed E-state index contributed by atoms with van der Waals surface area (Å²) in [7, 11) is 0. The van der Waals surface area contributed by atoms with Gasteiger partial charge in [0.2, 0.25) is 5.91 Å². The number of unbranched alkanes of at least 4 members (excludes halogenated alkanes) is 3. The summed E-state index contributed by atoms with van der Waals surface area (Å²) in [4.78, 5) is 39.4. The van der Waals surface area contributed by atoms with Crippen LogP contribution in [0.25, 0.3) is 11.1 Å². The molecule has 8 nitrogen and oxygen atoms in total. The predicted octanol–water partition coefficient (Wildman–Crippen LogP) is 8.54. The van der Waals surface area contributed by atoms with Crippen molar-refractivity contribution < 1.29 is 19.2 Å². The molecule has 0 saturated carbocycles. The Bertz CT molecular complexity index is 1360. The Balaban J connectivity index is 1.94. The number of nitro benzene ring substituents is 1. The minimum Gasteiger partial charge on any atom is -0.456 e. The van der Waals surface area contributed by atoms with Gasteiger partial charge in [0.1, 0.15) is 11.3 Å². The van der Waals surface area contributed by atoms with E-state index in [1.165, 1.54) is 11.0 Å². The molecule has 1 amide bonds. The first kappa shape index (κ1) is 32.3. The van der Waals surface area contributed by atoms with Crippen molar-refractivity contribution in [3.05, 3.63) is 88.0 Å². The van der Waals surface area contributed by atoms with Crippen LogP contribution in [-0.2, 0) is 16.1 Å². The molecule has 0 aliphatic rings. The van der Waals surface area contributed by atoms with Crippen LogP contribution < -0.4 is 10.2 Å². The molecule has 0 aromatic heterocycles. The maximum atomic E-state index is 13.4. The van der Waals surface area contributed by atoms with Crippen LogP contribution in [0.2, 0.25) is 0 Å². The van der Waals surface area contributed by atoms with E-state index in [9.17, 15) is 19.7 Å². The lowest BCUT2D eigenvalue weighted by atomic mass is 9.98. The van der Waals surface area contributed by atoms with Gasteiger partial charge in [-0.2, -0.15) is 0 Å². The summed E-state index contributed by atoms with van der Waals surface area (Å²) in [6.45, 7) is 10.6. The number of nitro groups is 1. The van der Waals surface area contributed by atoms with E-state index in [1.807, 2.05) is 64.1 Å². The smallest absolute Gasteiger partial charge is 0.339 e. The van der Waals surface area contributed by atoms with Crippen LogP contribution in [-0.4, -0.2) is 28.9 Å². The summed E-state index contributed by atoms with van der Waals surface area (Å²) in [5, 5.41) is 15.4. The zero-order valence-electron chi connectivity index (χ0n) is 25.4. The highest BCUT2D eigenvalue weighted by molar-refractivity contribution is 5.98. The number of amides is 1. The van der Waals surface area contributed by atoms with Crippen molar-refractivity contribution in [3.8, 4) is 11.1 Å². The molecule has 0 unspecified atom stereocenters. The third-order valence-corrected chi connectivity index (χ3v) is 6.77. The van der Waals surface area contributed by atoms with Crippen LogP contribution in [0.1, 0.15) is 89.1 Å². The van der Waals surface area contributed by atoms with E-state index < -0.39 is 16.5 Å². The van der Waals surface area contributed by atoms with E-state index in [1.54, 1.807) is 24.3 Å².